The number of nitrogens with two attached hydrogens (primary N) is 1. The van der Waals surface area contributed by atoms with Crippen LogP contribution in [0.3, 0.4) is 0 Å². The van der Waals surface area contributed by atoms with Gasteiger partial charge in [0.1, 0.15) is 12.3 Å². The Labute approximate surface area is 143 Å². The highest BCUT2D eigenvalue weighted by Gasteiger charge is 2.27. The number of rotatable bonds is 11. The highest BCUT2D eigenvalue weighted by molar-refractivity contribution is 5.80. The van der Waals surface area contributed by atoms with Gasteiger partial charge in [0.2, 0.25) is 11.8 Å². The zero-order valence-corrected chi connectivity index (χ0v) is 14.4. The number of carbonyl (C=O) groups excluding carboxylic acids is 3. The molecule has 4 N–H and O–H groups in total. The van der Waals surface area contributed by atoms with E-state index in [2.05, 4.69) is 15.7 Å². The third-order valence-electron chi connectivity index (χ3n) is 3.99. The number of aliphatic imine (C=N–C) groups is 1. The molecule has 1 saturated heterocycles. The van der Waals surface area contributed by atoms with E-state index in [0.717, 1.165) is 25.8 Å². The predicted octanol–water partition coefficient (Wildman–Crippen LogP) is -0.223. The van der Waals surface area contributed by atoms with Crippen LogP contribution in [-0.2, 0) is 14.4 Å². The summed E-state index contributed by atoms with van der Waals surface area (Å²) in [6.45, 7) is 3.30. The third-order valence-corrected chi connectivity index (χ3v) is 3.99. The molecule has 1 heterocycles. The monoisotopic (exact) mass is 339 g/mol. The lowest BCUT2D eigenvalue weighted by atomic mass is 10.1. The Balaban J connectivity index is 2.18. The first kappa shape index (κ1) is 20.2. The standard InChI is InChI=1S/C16H29N5O3/c1-13(22)6-7-14-4-3-11-21(14)16(24)5-2-8-19-15(23)12-18-9-10-20-17/h9,14,20H,2-8,10-12,17H2,1H3,(H,19,23)/t14-/m0/s1. The Kier molecular flexibility index (Phi) is 9.86. The smallest absolute Gasteiger partial charge is 0.241 e. The first-order valence-electron chi connectivity index (χ1n) is 8.52. The summed E-state index contributed by atoms with van der Waals surface area (Å²) < 4.78 is 0. The third kappa shape index (κ3) is 8.16. The zero-order chi connectivity index (χ0) is 17.8. The zero-order valence-electron chi connectivity index (χ0n) is 14.4. The van der Waals surface area contributed by atoms with Gasteiger partial charge in [0, 0.05) is 44.7 Å². The van der Waals surface area contributed by atoms with E-state index in [0.29, 0.717) is 32.4 Å². The van der Waals surface area contributed by atoms with Crippen molar-refractivity contribution in [1.29, 1.82) is 0 Å². The van der Waals surface area contributed by atoms with Crippen LogP contribution >= 0.6 is 0 Å². The molecule has 0 spiro atoms. The van der Waals surface area contributed by atoms with Gasteiger partial charge < -0.3 is 15.0 Å². The minimum atomic E-state index is -0.170. The van der Waals surface area contributed by atoms with Crippen molar-refractivity contribution in [2.75, 3.05) is 26.2 Å². The van der Waals surface area contributed by atoms with E-state index in [1.54, 1.807) is 6.92 Å². The Hall–Kier alpha value is -1.80. The molecule has 8 nitrogen and oxygen atoms in total. The molecule has 1 fully saturated rings. The molecule has 0 aliphatic carbocycles. The van der Waals surface area contributed by atoms with E-state index in [9.17, 15) is 14.4 Å². The van der Waals surface area contributed by atoms with Crippen LogP contribution in [0.4, 0.5) is 0 Å². The van der Waals surface area contributed by atoms with Crippen LogP contribution in [0.2, 0.25) is 0 Å². The molecule has 24 heavy (non-hydrogen) atoms. The van der Waals surface area contributed by atoms with Crippen molar-refractivity contribution in [3.63, 3.8) is 0 Å². The highest BCUT2D eigenvalue weighted by Crippen LogP contribution is 2.22. The summed E-state index contributed by atoms with van der Waals surface area (Å²) in [6.07, 6.45) is 5.83. The van der Waals surface area contributed by atoms with Gasteiger partial charge in [-0.1, -0.05) is 0 Å². The summed E-state index contributed by atoms with van der Waals surface area (Å²) in [6, 6.07) is 0.196. The van der Waals surface area contributed by atoms with Gasteiger partial charge in [-0.15, -0.1) is 0 Å². The quantitative estimate of drug-likeness (QED) is 0.208. The predicted molar refractivity (Wildman–Crippen MR) is 92.4 cm³/mol. The Bertz CT molecular complexity index is 453. The fraction of sp³-hybridized carbons (Fsp3) is 0.750. The average Bonchev–Trinajstić information content (AvgIpc) is 3.02. The lowest BCUT2D eigenvalue weighted by Crippen LogP contribution is -2.36. The number of hydrogen-bond donors (Lipinski definition) is 3. The number of carbonyl (C=O) groups is 3. The molecule has 1 aliphatic rings. The minimum absolute atomic E-state index is 0.0644. The summed E-state index contributed by atoms with van der Waals surface area (Å²) in [5, 5.41) is 2.74. The van der Waals surface area contributed by atoms with Crippen molar-refractivity contribution >= 4 is 23.8 Å². The van der Waals surface area contributed by atoms with Crippen molar-refractivity contribution < 1.29 is 14.4 Å². The molecular weight excluding hydrogens is 310 g/mol. The Morgan fingerprint density at radius 2 is 2.12 bits per heavy atom. The van der Waals surface area contributed by atoms with Gasteiger partial charge >= 0.3 is 0 Å². The van der Waals surface area contributed by atoms with Crippen LogP contribution in [0.1, 0.15) is 45.4 Å². The highest BCUT2D eigenvalue weighted by atomic mass is 16.2. The number of amides is 2. The molecule has 1 rings (SSSR count). The molecule has 0 aromatic carbocycles. The number of nitrogens with one attached hydrogen (secondary N) is 2. The van der Waals surface area contributed by atoms with E-state index in [1.165, 1.54) is 6.21 Å². The van der Waals surface area contributed by atoms with Crippen molar-refractivity contribution in [2.45, 2.75) is 51.5 Å². The van der Waals surface area contributed by atoms with E-state index >= 15 is 0 Å². The number of Topliss-reactive ketones (excluding diaryl/α,β-unsaturated/α-hetero) is 1. The lowest BCUT2D eigenvalue weighted by molar-refractivity contribution is -0.132. The molecule has 8 heteroatoms. The normalized spacial score (nSPS) is 17.4. The van der Waals surface area contributed by atoms with Gasteiger partial charge in [0.15, 0.2) is 0 Å². The molecule has 136 valence electrons. The maximum absolute atomic E-state index is 12.3. The molecule has 0 aromatic rings. The lowest BCUT2D eigenvalue weighted by Gasteiger charge is -2.24. The van der Waals surface area contributed by atoms with Crippen LogP contribution in [0.5, 0.6) is 0 Å². The maximum Gasteiger partial charge on any atom is 0.241 e. The largest absolute Gasteiger partial charge is 0.354 e. The first-order valence-corrected chi connectivity index (χ1v) is 8.52. The van der Waals surface area contributed by atoms with Crippen LogP contribution in [-0.4, -0.2) is 60.9 Å². The van der Waals surface area contributed by atoms with Gasteiger partial charge in [0.25, 0.3) is 0 Å². The van der Waals surface area contributed by atoms with Crippen LogP contribution in [0, 0.1) is 0 Å². The second-order valence-corrected chi connectivity index (χ2v) is 6.01. The van der Waals surface area contributed by atoms with Crippen molar-refractivity contribution in [1.82, 2.24) is 15.6 Å². The Morgan fingerprint density at radius 1 is 1.33 bits per heavy atom. The van der Waals surface area contributed by atoms with E-state index < -0.39 is 0 Å². The van der Waals surface area contributed by atoms with Crippen molar-refractivity contribution in [3.05, 3.63) is 0 Å². The van der Waals surface area contributed by atoms with Crippen molar-refractivity contribution in [2.24, 2.45) is 10.8 Å². The van der Waals surface area contributed by atoms with E-state index in [-0.39, 0.29) is 30.2 Å². The Morgan fingerprint density at radius 3 is 2.83 bits per heavy atom. The molecule has 0 radical (unpaired) electrons. The van der Waals surface area contributed by atoms with Crippen LogP contribution < -0.4 is 16.6 Å². The average molecular weight is 339 g/mol. The molecule has 0 bridgehead atoms. The van der Waals surface area contributed by atoms with Gasteiger partial charge in [-0.3, -0.25) is 25.8 Å². The van der Waals surface area contributed by atoms with E-state index in [4.69, 9.17) is 5.84 Å². The minimum Gasteiger partial charge on any atom is -0.354 e. The fourth-order valence-electron chi connectivity index (χ4n) is 2.77. The summed E-state index contributed by atoms with van der Waals surface area (Å²) in [5.74, 6) is 5.18. The van der Waals surface area contributed by atoms with Gasteiger partial charge in [0.05, 0.1) is 0 Å². The first-order chi connectivity index (χ1) is 11.5. The topological polar surface area (TPSA) is 117 Å². The molecule has 1 atom stereocenters. The molecule has 0 unspecified atom stereocenters. The number of nitrogens with zero attached hydrogens (tertiary/aromatic N) is 2. The molecule has 0 saturated carbocycles. The second-order valence-electron chi connectivity index (χ2n) is 6.01. The number of likely N-dealkylation sites (tertiary alicyclic amines) is 1. The fourth-order valence-corrected chi connectivity index (χ4v) is 2.77. The summed E-state index contributed by atoms with van der Waals surface area (Å²) >= 11 is 0. The van der Waals surface area contributed by atoms with Gasteiger partial charge in [-0.25, -0.2) is 0 Å². The van der Waals surface area contributed by atoms with Gasteiger partial charge in [-0.2, -0.15) is 0 Å². The molecular formula is C16H29N5O3. The molecule has 2 amide bonds. The number of hydrazine groups is 1. The van der Waals surface area contributed by atoms with Gasteiger partial charge in [-0.05, 0) is 32.6 Å². The summed E-state index contributed by atoms with van der Waals surface area (Å²) in [4.78, 5) is 40.7. The SMILES string of the molecule is CC(=O)CC[C@@H]1CCCN1C(=O)CCCNC(=O)CN=CCNN. The summed E-state index contributed by atoms with van der Waals surface area (Å²) in [5.41, 5.74) is 2.41. The summed E-state index contributed by atoms with van der Waals surface area (Å²) in [7, 11) is 0. The molecule has 0 aromatic heterocycles. The van der Waals surface area contributed by atoms with E-state index in [1.807, 2.05) is 4.90 Å². The van der Waals surface area contributed by atoms with Crippen LogP contribution in [0.15, 0.2) is 4.99 Å². The van der Waals surface area contributed by atoms with Crippen LogP contribution in [0.25, 0.3) is 0 Å². The number of hydrogen-bond acceptors (Lipinski definition) is 6. The van der Waals surface area contributed by atoms with Crippen molar-refractivity contribution in [3.8, 4) is 0 Å². The maximum atomic E-state index is 12.3. The molecule has 1 aliphatic heterocycles. The number of ketones is 1. The second kappa shape index (κ2) is 11.7.